The molecular weight excluding hydrogens is 533 g/mol. The lowest BCUT2D eigenvalue weighted by molar-refractivity contribution is -0.139. The molecule has 1 N–H and O–H groups in total. The van der Waals surface area contributed by atoms with Crippen LogP contribution in [0.4, 0.5) is 10.1 Å². The van der Waals surface area contributed by atoms with Gasteiger partial charge in [0.25, 0.3) is 10.0 Å². The number of nitrogens with zero attached hydrogens (tertiary/aromatic N) is 2. The fraction of sp³-hybridized carbons (Fsp3) is 0.333. The van der Waals surface area contributed by atoms with Crippen LogP contribution in [0.3, 0.4) is 0 Å². The zero-order valence-electron chi connectivity index (χ0n) is 23.2. The molecule has 2 amide bonds. The topological polar surface area (TPSA) is 96.0 Å². The van der Waals surface area contributed by atoms with Gasteiger partial charge in [-0.3, -0.25) is 13.9 Å². The molecule has 0 unspecified atom stereocenters. The molecule has 3 aromatic carbocycles. The minimum absolute atomic E-state index is 0.00162. The van der Waals surface area contributed by atoms with Crippen molar-refractivity contribution < 1.29 is 27.1 Å². The van der Waals surface area contributed by atoms with Crippen LogP contribution >= 0.6 is 0 Å². The number of anilines is 1. The lowest BCUT2D eigenvalue weighted by atomic mass is 10.1. The highest BCUT2D eigenvalue weighted by atomic mass is 32.2. The normalized spacial score (nSPS) is 12.7. The van der Waals surface area contributed by atoms with Crippen LogP contribution in [0.1, 0.15) is 39.7 Å². The third kappa shape index (κ3) is 7.59. The standard InChI is InChI=1S/C30H36FN3O5S/c1-5-22(3)32-30(36)23(4)33(20-24-16-18-25(31)19-17-24)29(35)21-34(27-14-10-11-15-28(27)39-6-2)40(37,38)26-12-8-7-9-13-26/h7-19,22-23H,5-6,20-21H2,1-4H3,(H,32,36)/t22-,23-/m0/s1. The van der Waals surface area contributed by atoms with E-state index in [9.17, 15) is 22.4 Å². The first-order valence-corrected chi connectivity index (χ1v) is 14.7. The Hall–Kier alpha value is -3.92. The average Bonchev–Trinajstić information content (AvgIpc) is 2.96. The van der Waals surface area contributed by atoms with Crippen LogP contribution in [0, 0.1) is 5.82 Å². The van der Waals surface area contributed by atoms with Gasteiger partial charge in [-0.15, -0.1) is 0 Å². The quantitative estimate of drug-likeness (QED) is 0.321. The SMILES string of the molecule is CCOc1ccccc1N(CC(=O)N(Cc1ccc(F)cc1)[C@@H](C)C(=O)N[C@@H](C)CC)S(=O)(=O)c1ccccc1. The molecule has 40 heavy (non-hydrogen) atoms. The maximum atomic E-state index is 14.0. The lowest BCUT2D eigenvalue weighted by Crippen LogP contribution is -2.52. The molecule has 214 valence electrons. The van der Waals surface area contributed by atoms with Gasteiger partial charge in [-0.2, -0.15) is 0 Å². The number of carbonyl (C=O) groups excluding carboxylic acids is 2. The van der Waals surface area contributed by atoms with E-state index in [4.69, 9.17) is 4.74 Å². The second kappa shape index (κ2) is 13.9. The third-order valence-corrected chi connectivity index (χ3v) is 8.25. The third-order valence-electron chi connectivity index (χ3n) is 6.48. The first kappa shape index (κ1) is 30.6. The summed E-state index contributed by atoms with van der Waals surface area (Å²) < 4.78 is 48.1. The van der Waals surface area contributed by atoms with Crippen molar-refractivity contribution in [3.8, 4) is 5.75 Å². The number of benzene rings is 3. The van der Waals surface area contributed by atoms with Gasteiger partial charge in [0.1, 0.15) is 24.2 Å². The van der Waals surface area contributed by atoms with E-state index < -0.39 is 34.3 Å². The fourth-order valence-electron chi connectivity index (χ4n) is 4.01. The van der Waals surface area contributed by atoms with Gasteiger partial charge in [-0.1, -0.05) is 49.4 Å². The van der Waals surface area contributed by atoms with Crippen LogP contribution in [0.5, 0.6) is 5.75 Å². The molecule has 0 bridgehead atoms. The van der Waals surface area contributed by atoms with Crippen molar-refractivity contribution >= 4 is 27.5 Å². The molecule has 0 aliphatic heterocycles. The Morgan fingerprint density at radius 3 is 2.17 bits per heavy atom. The lowest BCUT2D eigenvalue weighted by Gasteiger charge is -2.32. The first-order valence-electron chi connectivity index (χ1n) is 13.2. The average molecular weight is 570 g/mol. The van der Waals surface area contributed by atoms with Gasteiger partial charge in [0, 0.05) is 12.6 Å². The summed E-state index contributed by atoms with van der Waals surface area (Å²) in [7, 11) is -4.22. The molecular formula is C30H36FN3O5S. The largest absolute Gasteiger partial charge is 0.492 e. The zero-order valence-corrected chi connectivity index (χ0v) is 24.0. The number of para-hydroxylation sites is 2. The van der Waals surface area contributed by atoms with E-state index in [-0.39, 0.29) is 35.7 Å². The molecule has 0 saturated carbocycles. The molecule has 0 aliphatic rings. The summed E-state index contributed by atoms with van der Waals surface area (Å²) in [5, 5.41) is 2.88. The van der Waals surface area contributed by atoms with Gasteiger partial charge < -0.3 is 15.0 Å². The van der Waals surface area contributed by atoms with Crippen LogP contribution in [-0.2, 0) is 26.2 Å². The van der Waals surface area contributed by atoms with Crippen LogP contribution in [0.25, 0.3) is 0 Å². The van der Waals surface area contributed by atoms with Crippen LogP contribution < -0.4 is 14.4 Å². The van der Waals surface area contributed by atoms with Crippen molar-refractivity contribution in [1.82, 2.24) is 10.2 Å². The number of nitrogens with one attached hydrogen (secondary N) is 1. The Morgan fingerprint density at radius 1 is 0.925 bits per heavy atom. The van der Waals surface area contributed by atoms with E-state index in [0.717, 1.165) is 4.31 Å². The molecule has 2 atom stereocenters. The number of sulfonamides is 1. The fourth-order valence-corrected chi connectivity index (χ4v) is 5.45. The van der Waals surface area contributed by atoms with E-state index in [1.807, 2.05) is 13.8 Å². The van der Waals surface area contributed by atoms with Crippen LogP contribution in [-0.4, -0.2) is 50.4 Å². The minimum atomic E-state index is -4.22. The molecule has 0 heterocycles. The molecule has 0 saturated heterocycles. The van der Waals surface area contributed by atoms with Crippen molar-refractivity contribution in [3.63, 3.8) is 0 Å². The molecule has 8 nitrogen and oxygen atoms in total. The van der Waals surface area contributed by atoms with Gasteiger partial charge in [0.05, 0.1) is 17.2 Å². The van der Waals surface area contributed by atoms with Crippen molar-refractivity contribution in [3.05, 3.63) is 90.2 Å². The first-order chi connectivity index (χ1) is 19.1. The number of halogens is 1. The van der Waals surface area contributed by atoms with Gasteiger partial charge >= 0.3 is 0 Å². The summed E-state index contributed by atoms with van der Waals surface area (Å²) >= 11 is 0. The van der Waals surface area contributed by atoms with Gasteiger partial charge in [-0.25, -0.2) is 12.8 Å². The number of amides is 2. The summed E-state index contributed by atoms with van der Waals surface area (Å²) in [4.78, 5) is 28.4. The monoisotopic (exact) mass is 569 g/mol. The van der Waals surface area contributed by atoms with Gasteiger partial charge in [-0.05, 0) is 69.2 Å². The van der Waals surface area contributed by atoms with Crippen molar-refractivity contribution in [2.75, 3.05) is 17.5 Å². The number of ether oxygens (including phenoxy) is 1. The molecule has 10 heteroatoms. The van der Waals surface area contributed by atoms with Gasteiger partial charge in [0.2, 0.25) is 11.8 Å². The molecule has 0 radical (unpaired) electrons. The van der Waals surface area contributed by atoms with E-state index in [1.165, 1.54) is 41.3 Å². The number of hydrogen-bond donors (Lipinski definition) is 1. The highest BCUT2D eigenvalue weighted by Gasteiger charge is 2.34. The summed E-state index contributed by atoms with van der Waals surface area (Å²) in [5.74, 6) is -1.12. The Morgan fingerprint density at radius 2 is 1.55 bits per heavy atom. The van der Waals surface area contributed by atoms with Crippen molar-refractivity contribution in [2.45, 2.75) is 57.6 Å². The molecule has 0 aromatic heterocycles. The van der Waals surface area contributed by atoms with E-state index in [0.29, 0.717) is 17.7 Å². The molecule has 3 rings (SSSR count). The molecule has 0 fully saturated rings. The molecule has 0 spiro atoms. The number of hydrogen-bond acceptors (Lipinski definition) is 5. The highest BCUT2D eigenvalue weighted by molar-refractivity contribution is 7.92. The molecule has 0 aliphatic carbocycles. The zero-order chi connectivity index (χ0) is 29.3. The number of rotatable bonds is 13. The van der Waals surface area contributed by atoms with Crippen molar-refractivity contribution in [2.24, 2.45) is 0 Å². The molecule has 3 aromatic rings. The maximum absolute atomic E-state index is 14.0. The predicted molar refractivity (Wildman–Crippen MR) is 153 cm³/mol. The predicted octanol–water partition coefficient (Wildman–Crippen LogP) is 4.75. The second-order valence-electron chi connectivity index (χ2n) is 9.37. The highest BCUT2D eigenvalue weighted by Crippen LogP contribution is 2.32. The van der Waals surface area contributed by atoms with Crippen molar-refractivity contribution in [1.29, 1.82) is 0 Å². The van der Waals surface area contributed by atoms with E-state index in [1.54, 1.807) is 56.3 Å². The Bertz CT molecular complexity index is 1380. The summed E-state index contributed by atoms with van der Waals surface area (Å²) in [5.41, 5.74) is 0.783. The summed E-state index contributed by atoms with van der Waals surface area (Å²) in [6, 6.07) is 18.9. The van der Waals surface area contributed by atoms with Crippen LogP contribution in [0.15, 0.2) is 83.8 Å². The van der Waals surface area contributed by atoms with E-state index >= 15 is 0 Å². The number of carbonyl (C=O) groups is 2. The Labute approximate surface area is 235 Å². The van der Waals surface area contributed by atoms with Gasteiger partial charge in [0.15, 0.2) is 0 Å². The smallest absolute Gasteiger partial charge is 0.264 e. The van der Waals surface area contributed by atoms with E-state index in [2.05, 4.69) is 5.32 Å². The van der Waals surface area contributed by atoms with Crippen LogP contribution in [0.2, 0.25) is 0 Å². The Balaban J connectivity index is 2.06. The summed E-state index contributed by atoms with van der Waals surface area (Å²) in [6.07, 6.45) is 0.696. The minimum Gasteiger partial charge on any atom is -0.492 e. The second-order valence-corrected chi connectivity index (χ2v) is 11.2. The Kier molecular flexibility index (Phi) is 10.7. The summed E-state index contributed by atoms with van der Waals surface area (Å²) in [6.45, 7) is 6.82. The maximum Gasteiger partial charge on any atom is 0.264 e.